The second kappa shape index (κ2) is 6.58. The summed E-state index contributed by atoms with van der Waals surface area (Å²) in [6.45, 7) is 1.21. The molecule has 0 bridgehead atoms. The van der Waals surface area contributed by atoms with E-state index in [9.17, 15) is 27.2 Å². The molecule has 0 saturated carbocycles. The molecule has 0 spiro atoms. The molecular formula is C18H15FN2O5S. The highest BCUT2D eigenvalue weighted by Gasteiger charge is 2.34. The molecule has 2 aromatic carbocycles. The molecule has 3 rings (SSSR count). The topological polar surface area (TPSA) is 101 Å². The van der Waals surface area contributed by atoms with Gasteiger partial charge in [-0.3, -0.25) is 19.3 Å². The lowest BCUT2D eigenvalue weighted by molar-refractivity contribution is -0.115. The van der Waals surface area contributed by atoms with Gasteiger partial charge in [0, 0.05) is 12.7 Å². The van der Waals surface area contributed by atoms with Crippen LogP contribution in [0.25, 0.3) is 0 Å². The van der Waals surface area contributed by atoms with Crippen LogP contribution in [0.5, 0.6) is 0 Å². The van der Waals surface area contributed by atoms with Gasteiger partial charge < -0.3 is 5.32 Å². The quantitative estimate of drug-likeness (QED) is 0.634. The molecule has 27 heavy (non-hydrogen) atoms. The van der Waals surface area contributed by atoms with Crippen LogP contribution in [0, 0.1) is 5.82 Å². The number of fused-ring (bicyclic) bond motifs is 1. The minimum Gasteiger partial charge on any atom is -0.325 e. The summed E-state index contributed by atoms with van der Waals surface area (Å²) in [6.07, 6.45) is 0. The summed E-state index contributed by atoms with van der Waals surface area (Å²) in [4.78, 5) is 37.1. The maximum atomic E-state index is 13.0. The largest absolute Gasteiger partial charge is 0.325 e. The molecule has 1 unspecified atom stereocenters. The summed E-state index contributed by atoms with van der Waals surface area (Å²) in [7, 11) is -2.68. The third-order valence-electron chi connectivity index (χ3n) is 4.33. The number of benzene rings is 2. The fourth-order valence-electron chi connectivity index (χ4n) is 2.65. The van der Waals surface area contributed by atoms with Crippen LogP contribution in [0.2, 0.25) is 0 Å². The van der Waals surface area contributed by atoms with Gasteiger partial charge in [0.1, 0.15) is 11.1 Å². The fourth-order valence-corrected chi connectivity index (χ4v) is 3.92. The number of hydrogen-bond donors (Lipinski definition) is 1. The van der Waals surface area contributed by atoms with E-state index in [1.54, 1.807) is 0 Å². The van der Waals surface area contributed by atoms with Crippen LogP contribution < -0.4 is 5.32 Å². The lowest BCUT2D eigenvalue weighted by atomic mass is 10.1. The Morgan fingerprint density at radius 2 is 1.63 bits per heavy atom. The first-order chi connectivity index (χ1) is 12.6. The van der Waals surface area contributed by atoms with Crippen molar-refractivity contribution in [2.24, 2.45) is 0 Å². The van der Waals surface area contributed by atoms with Gasteiger partial charge in [-0.2, -0.15) is 0 Å². The van der Waals surface area contributed by atoms with Crippen molar-refractivity contribution < 1.29 is 27.2 Å². The first kappa shape index (κ1) is 18.7. The van der Waals surface area contributed by atoms with Gasteiger partial charge in [-0.15, -0.1) is 0 Å². The first-order valence-corrected chi connectivity index (χ1v) is 9.44. The van der Waals surface area contributed by atoms with Gasteiger partial charge in [0.15, 0.2) is 9.84 Å². The van der Waals surface area contributed by atoms with E-state index >= 15 is 0 Å². The average Bonchev–Trinajstić information content (AvgIpc) is 2.85. The number of nitrogens with one attached hydrogen (secondary N) is 1. The normalized spacial score (nSPS) is 14.9. The van der Waals surface area contributed by atoms with Crippen LogP contribution in [0.15, 0.2) is 47.4 Å². The molecule has 0 aromatic heterocycles. The lowest BCUT2D eigenvalue weighted by Gasteiger charge is -2.14. The van der Waals surface area contributed by atoms with Crippen LogP contribution >= 0.6 is 0 Å². The summed E-state index contributed by atoms with van der Waals surface area (Å²) >= 11 is 0. The number of carbonyl (C=O) groups is 3. The minimum absolute atomic E-state index is 0.134. The Labute approximate surface area is 154 Å². The number of sulfone groups is 1. The van der Waals surface area contributed by atoms with Crippen molar-refractivity contribution in [3.63, 3.8) is 0 Å². The number of hydrogen-bond acceptors (Lipinski definition) is 5. The molecule has 1 heterocycles. The second-order valence-electron chi connectivity index (χ2n) is 6.06. The molecule has 1 N–H and O–H groups in total. The molecular weight excluding hydrogens is 375 g/mol. The van der Waals surface area contributed by atoms with Crippen molar-refractivity contribution in [3.8, 4) is 0 Å². The van der Waals surface area contributed by atoms with Crippen molar-refractivity contribution in [2.45, 2.75) is 17.1 Å². The molecule has 1 aliphatic heterocycles. The molecule has 0 saturated heterocycles. The predicted octanol–water partition coefficient (Wildman–Crippen LogP) is 1.85. The van der Waals surface area contributed by atoms with E-state index in [0.29, 0.717) is 0 Å². The summed E-state index contributed by atoms with van der Waals surface area (Å²) in [6, 6.07) is 8.31. The third-order valence-corrected chi connectivity index (χ3v) is 6.41. The molecule has 1 aliphatic rings. The maximum Gasteiger partial charge on any atom is 0.261 e. The molecule has 0 fully saturated rings. The first-order valence-electron chi connectivity index (χ1n) is 7.89. The van der Waals surface area contributed by atoms with Gasteiger partial charge in [-0.05, 0) is 49.4 Å². The average molecular weight is 390 g/mol. The van der Waals surface area contributed by atoms with E-state index < -0.39 is 38.6 Å². The Balaban J connectivity index is 1.83. The highest BCUT2D eigenvalue weighted by Crippen LogP contribution is 2.25. The number of carbonyl (C=O) groups excluding carboxylic acids is 3. The van der Waals surface area contributed by atoms with Crippen LogP contribution in [0.3, 0.4) is 0 Å². The Morgan fingerprint density at radius 1 is 1.04 bits per heavy atom. The Bertz CT molecular complexity index is 1060. The SMILES string of the molecule is CC(C(=O)Nc1ccc2c(c1)C(=O)N(C)C2=O)S(=O)(=O)c1ccc(F)cc1. The summed E-state index contributed by atoms with van der Waals surface area (Å²) in [5, 5.41) is 0.987. The van der Waals surface area contributed by atoms with Crippen molar-refractivity contribution in [3.05, 3.63) is 59.4 Å². The molecule has 0 radical (unpaired) electrons. The zero-order valence-corrected chi connectivity index (χ0v) is 15.2. The number of anilines is 1. The lowest BCUT2D eigenvalue weighted by Crippen LogP contribution is -2.32. The number of amides is 3. The van der Waals surface area contributed by atoms with Gasteiger partial charge in [0.2, 0.25) is 5.91 Å². The maximum absolute atomic E-state index is 13.0. The van der Waals surface area contributed by atoms with Crippen molar-refractivity contribution in [1.82, 2.24) is 4.90 Å². The van der Waals surface area contributed by atoms with Crippen molar-refractivity contribution in [2.75, 3.05) is 12.4 Å². The second-order valence-corrected chi connectivity index (χ2v) is 8.33. The summed E-state index contributed by atoms with van der Waals surface area (Å²) < 4.78 is 38.0. The van der Waals surface area contributed by atoms with Crippen LogP contribution in [-0.2, 0) is 14.6 Å². The van der Waals surface area contributed by atoms with Gasteiger partial charge >= 0.3 is 0 Å². The fraction of sp³-hybridized carbons (Fsp3) is 0.167. The predicted molar refractivity (Wildman–Crippen MR) is 94.5 cm³/mol. The summed E-state index contributed by atoms with van der Waals surface area (Å²) in [5.41, 5.74) is 0.540. The van der Waals surface area contributed by atoms with E-state index in [2.05, 4.69) is 5.32 Å². The van der Waals surface area contributed by atoms with E-state index in [0.717, 1.165) is 29.2 Å². The van der Waals surface area contributed by atoms with Gasteiger partial charge in [0.05, 0.1) is 16.0 Å². The Hall–Kier alpha value is -3.07. The molecule has 2 aromatic rings. The Kier molecular flexibility index (Phi) is 4.56. The molecule has 7 nitrogen and oxygen atoms in total. The summed E-state index contributed by atoms with van der Waals surface area (Å²) in [5.74, 6) is -2.35. The highest BCUT2D eigenvalue weighted by atomic mass is 32.2. The van der Waals surface area contributed by atoms with Crippen molar-refractivity contribution >= 4 is 33.2 Å². The Morgan fingerprint density at radius 3 is 2.26 bits per heavy atom. The van der Waals surface area contributed by atoms with Crippen LogP contribution in [0.4, 0.5) is 10.1 Å². The van der Waals surface area contributed by atoms with Gasteiger partial charge in [-0.25, -0.2) is 12.8 Å². The van der Waals surface area contributed by atoms with E-state index in [-0.39, 0.29) is 21.7 Å². The monoisotopic (exact) mass is 390 g/mol. The number of rotatable bonds is 4. The molecule has 0 aliphatic carbocycles. The van der Waals surface area contributed by atoms with Crippen LogP contribution in [-0.4, -0.2) is 43.3 Å². The standard InChI is InChI=1S/C18H15FN2O5S/c1-10(27(25,26)13-6-3-11(19)4-7-13)16(22)20-12-5-8-14-15(9-12)18(24)21(2)17(14)23/h3-10H,1-2H3,(H,20,22). The van der Waals surface area contributed by atoms with Crippen molar-refractivity contribution in [1.29, 1.82) is 0 Å². The van der Waals surface area contributed by atoms with Gasteiger partial charge in [0.25, 0.3) is 11.8 Å². The molecule has 140 valence electrons. The third kappa shape index (κ3) is 3.21. The number of nitrogens with zero attached hydrogens (tertiary/aromatic N) is 1. The van der Waals surface area contributed by atoms with Gasteiger partial charge in [-0.1, -0.05) is 0 Å². The zero-order chi connectivity index (χ0) is 19.9. The van der Waals surface area contributed by atoms with Crippen LogP contribution in [0.1, 0.15) is 27.6 Å². The zero-order valence-electron chi connectivity index (χ0n) is 14.4. The van der Waals surface area contributed by atoms with E-state index in [4.69, 9.17) is 0 Å². The van der Waals surface area contributed by atoms with E-state index in [1.807, 2.05) is 0 Å². The number of halogens is 1. The number of imide groups is 1. The highest BCUT2D eigenvalue weighted by molar-refractivity contribution is 7.92. The minimum atomic E-state index is -4.02. The molecule has 1 atom stereocenters. The smallest absolute Gasteiger partial charge is 0.261 e. The molecule has 9 heteroatoms. The van der Waals surface area contributed by atoms with E-state index in [1.165, 1.54) is 32.2 Å². The molecule has 3 amide bonds.